The molecule has 2 heteroatoms. The molecule has 1 N–H and O–H groups in total. The summed E-state index contributed by atoms with van der Waals surface area (Å²) in [7, 11) is 2.19. The highest BCUT2D eigenvalue weighted by molar-refractivity contribution is 5.28. The molecule has 2 nitrogen and oxygen atoms in total. The molecule has 0 bridgehead atoms. The van der Waals surface area contributed by atoms with Crippen LogP contribution in [0.5, 0.6) is 0 Å². The Morgan fingerprint density at radius 3 is 1.68 bits per heavy atom. The van der Waals surface area contributed by atoms with E-state index in [-0.39, 0.29) is 23.9 Å². The zero-order valence-electron chi connectivity index (χ0n) is 15.5. The average Bonchev–Trinajstić information content (AvgIpc) is 2.63. The Morgan fingerprint density at radius 2 is 1.32 bits per heavy atom. The summed E-state index contributed by atoms with van der Waals surface area (Å²) >= 11 is 0. The molecule has 25 heavy (non-hydrogen) atoms. The summed E-state index contributed by atoms with van der Waals surface area (Å²) in [6.07, 6.45) is 2.47. The van der Waals surface area contributed by atoms with Gasteiger partial charge in [0.05, 0.1) is 5.60 Å². The minimum absolute atomic E-state index is 0.105. The molecule has 2 aromatic carbocycles. The minimum atomic E-state index is -0.782. The molecule has 1 unspecified atom stereocenters. The molecule has 0 aliphatic carbocycles. The number of likely N-dealkylation sites (tertiary alicyclic amines) is 1. The third kappa shape index (κ3) is 3.05. The van der Waals surface area contributed by atoms with Crippen molar-refractivity contribution < 1.29 is 5.11 Å². The fourth-order valence-electron chi connectivity index (χ4n) is 4.79. The fraction of sp³-hybridized carbons (Fsp3) is 0.391. The van der Waals surface area contributed by atoms with Crippen LogP contribution >= 0.6 is 0 Å². The molecular weight excluding hydrogens is 306 g/mol. The first kappa shape index (κ1) is 17.9. The van der Waals surface area contributed by atoms with Crippen LogP contribution in [0.2, 0.25) is 0 Å². The van der Waals surface area contributed by atoms with Gasteiger partial charge in [0.2, 0.25) is 0 Å². The van der Waals surface area contributed by atoms with Crippen molar-refractivity contribution in [2.24, 2.45) is 11.8 Å². The second-order valence-corrected chi connectivity index (χ2v) is 7.44. The van der Waals surface area contributed by atoms with Gasteiger partial charge in [0.15, 0.2) is 0 Å². The van der Waals surface area contributed by atoms with Gasteiger partial charge in [0.25, 0.3) is 0 Å². The molecule has 3 rings (SSSR count). The van der Waals surface area contributed by atoms with E-state index in [1.54, 1.807) is 0 Å². The largest absolute Gasteiger partial charge is 0.389 e. The van der Waals surface area contributed by atoms with E-state index >= 15 is 0 Å². The van der Waals surface area contributed by atoms with E-state index in [4.69, 9.17) is 0 Å². The van der Waals surface area contributed by atoms with Crippen LogP contribution in [0.25, 0.3) is 0 Å². The third-order valence-electron chi connectivity index (χ3n) is 6.16. The maximum absolute atomic E-state index is 11.7. The number of rotatable bonds is 4. The lowest BCUT2D eigenvalue weighted by molar-refractivity contribution is -0.152. The van der Waals surface area contributed by atoms with Crippen molar-refractivity contribution in [1.82, 2.24) is 4.90 Å². The summed E-state index contributed by atoms with van der Waals surface area (Å²) in [6, 6.07) is 21.4. The lowest BCUT2D eigenvalue weighted by atomic mass is 9.64. The monoisotopic (exact) mass is 335 g/mol. The number of hydrogen-bond donors (Lipinski definition) is 1. The van der Waals surface area contributed by atoms with Crippen molar-refractivity contribution in [2.75, 3.05) is 7.05 Å². The van der Waals surface area contributed by atoms with Crippen molar-refractivity contribution in [3.05, 3.63) is 84.4 Å². The van der Waals surface area contributed by atoms with Crippen LogP contribution in [0.3, 0.4) is 0 Å². The highest BCUT2D eigenvalue weighted by atomic mass is 16.3. The first-order chi connectivity index (χ1) is 12.0. The number of piperidine rings is 1. The third-order valence-corrected chi connectivity index (χ3v) is 6.16. The van der Waals surface area contributed by atoms with Crippen molar-refractivity contribution in [3.63, 3.8) is 0 Å². The number of benzene rings is 2. The molecule has 0 amide bonds. The molecule has 0 aromatic heterocycles. The summed E-state index contributed by atoms with van der Waals surface area (Å²) in [5.74, 6) is 0.209. The Labute approximate surface area is 151 Å². The second kappa shape index (κ2) is 7.15. The topological polar surface area (TPSA) is 23.5 Å². The smallest absolute Gasteiger partial charge is 0.0769 e. The van der Waals surface area contributed by atoms with E-state index in [1.165, 1.54) is 11.1 Å². The van der Waals surface area contributed by atoms with Crippen LogP contribution < -0.4 is 0 Å². The van der Waals surface area contributed by atoms with Gasteiger partial charge in [0, 0.05) is 23.9 Å². The maximum atomic E-state index is 11.7. The summed E-state index contributed by atoms with van der Waals surface area (Å²) in [5.41, 5.74) is 1.73. The zero-order valence-corrected chi connectivity index (χ0v) is 15.5. The van der Waals surface area contributed by atoms with Gasteiger partial charge in [-0.2, -0.15) is 0 Å². The molecule has 1 fully saturated rings. The Hall–Kier alpha value is -1.90. The Bertz CT molecular complexity index is 643. The molecule has 1 aliphatic rings. The molecule has 0 spiro atoms. The first-order valence-electron chi connectivity index (χ1n) is 9.15. The predicted octanol–water partition coefficient (Wildman–Crippen LogP) is 4.99. The van der Waals surface area contributed by atoms with Crippen LogP contribution in [0.1, 0.15) is 43.5 Å². The minimum Gasteiger partial charge on any atom is -0.389 e. The van der Waals surface area contributed by atoms with Crippen LogP contribution in [0, 0.1) is 11.8 Å². The fourth-order valence-corrected chi connectivity index (χ4v) is 4.79. The molecule has 132 valence electrons. The summed E-state index contributed by atoms with van der Waals surface area (Å²) in [6.45, 7) is 8.26. The highest BCUT2D eigenvalue weighted by Gasteiger charge is 2.52. The van der Waals surface area contributed by atoms with Gasteiger partial charge >= 0.3 is 0 Å². The van der Waals surface area contributed by atoms with Crippen molar-refractivity contribution in [1.29, 1.82) is 0 Å². The van der Waals surface area contributed by atoms with Crippen molar-refractivity contribution in [3.8, 4) is 0 Å². The number of nitrogens with zero attached hydrogens (tertiary/aromatic N) is 1. The average molecular weight is 335 g/mol. The molecule has 0 saturated carbocycles. The highest BCUT2D eigenvalue weighted by Crippen LogP contribution is 2.53. The maximum Gasteiger partial charge on any atom is 0.0769 e. The normalized spacial score (nSPS) is 33.1. The molecule has 1 heterocycles. The van der Waals surface area contributed by atoms with Crippen LogP contribution in [0.15, 0.2) is 73.3 Å². The number of aliphatic hydroxyl groups is 1. The Balaban J connectivity index is 2.11. The van der Waals surface area contributed by atoms with Crippen molar-refractivity contribution in [2.45, 2.75) is 38.0 Å². The predicted molar refractivity (Wildman–Crippen MR) is 104 cm³/mol. The van der Waals surface area contributed by atoms with E-state index in [9.17, 15) is 5.11 Å². The molecule has 1 saturated heterocycles. The second-order valence-electron chi connectivity index (χ2n) is 7.44. The summed E-state index contributed by atoms with van der Waals surface area (Å²) in [4.78, 5) is 2.44. The van der Waals surface area contributed by atoms with Gasteiger partial charge in [-0.05, 0) is 24.6 Å². The first-order valence-corrected chi connectivity index (χ1v) is 9.15. The van der Waals surface area contributed by atoms with Gasteiger partial charge in [0.1, 0.15) is 0 Å². The quantitative estimate of drug-likeness (QED) is 0.795. The van der Waals surface area contributed by atoms with Gasteiger partial charge in [-0.15, -0.1) is 6.58 Å². The van der Waals surface area contributed by atoms with Crippen LogP contribution in [-0.4, -0.2) is 22.7 Å². The zero-order chi connectivity index (χ0) is 18.0. The van der Waals surface area contributed by atoms with Gasteiger partial charge in [-0.1, -0.05) is 80.6 Å². The summed E-state index contributed by atoms with van der Waals surface area (Å²) < 4.78 is 0. The SMILES string of the molecule is C=CCC1(O)[C@H](C)[C@H](c2ccccc2)N(C)[C@H](c2ccccc2)[C@@H]1C. The van der Waals surface area contributed by atoms with E-state index in [2.05, 4.69) is 80.9 Å². The van der Waals surface area contributed by atoms with Crippen LogP contribution in [-0.2, 0) is 0 Å². The van der Waals surface area contributed by atoms with Crippen LogP contribution in [0.4, 0.5) is 0 Å². The molecular formula is C23H29NO. The summed E-state index contributed by atoms with van der Waals surface area (Å²) in [5, 5.41) is 11.7. The van der Waals surface area contributed by atoms with Gasteiger partial charge in [-0.25, -0.2) is 0 Å². The van der Waals surface area contributed by atoms with Gasteiger partial charge in [-0.3, -0.25) is 4.90 Å². The lowest BCUT2D eigenvalue weighted by Gasteiger charge is -2.56. The Morgan fingerprint density at radius 1 is 0.920 bits per heavy atom. The van der Waals surface area contributed by atoms with E-state index in [1.807, 2.05) is 18.2 Å². The van der Waals surface area contributed by atoms with E-state index < -0.39 is 5.60 Å². The molecule has 0 radical (unpaired) electrons. The molecule has 5 atom stereocenters. The lowest BCUT2D eigenvalue weighted by Crippen LogP contribution is -2.57. The van der Waals surface area contributed by atoms with Crippen molar-refractivity contribution >= 4 is 0 Å². The van der Waals surface area contributed by atoms with Gasteiger partial charge < -0.3 is 5.11 Å². The standard InChI is InChI=1S/C23H29NO/c1-5-16-23(25)17(2)21(19-12-8-6-9-13-19)24(4)22(18(23)3)20-14-10-7-11-15-20/h5-15,17-18,21-22,25H,1,16H2,2-4H3/t17-,18+,21-,22+,23?. The van der Waals surface area contributed by atoms with E-state index in [0.29, 0.717) is 6.42 Å². The van der Waals surface area contributed by atoms with E-state index in [0.717, 1.165) is 0 Å². The molecule has 2 aromatic rings. The number of hydrogen-bond acceptors (Lipinski definition) is 2. The Kier molecular flexibility index (Phi) is 5.12. The molecule has 1 aliphatic heterocycles.